The highest BCUT2D eigenvalue weighted by Crippen LogP contribution is 2.35. The van der Waals surface area contributed by atoms with Gasteiger partial charge in [0, 0.05) is 17.3 Å². The van der Waals surface area contributed by atoms with Crippen LogP contribution in [0.2, 0.25) is 18.1 Å². The largest absolute Gasteiger partial charge is 0.466 e. The predicted molar refractivity (Wildman–Crippen MR) is 84.6 cm³/mol. The van der Waals surface area contributed by atoms with Crippen molar-refractivity contribution in [3.8, 4) is 0 Å². The first kappa shape index (κ1) is 17.4. The maximum Gasteiger partial charge on any atom is 0.308 e. The van der Waals surface area contributed by atoms with Gasteiger partial charge in [-0.3, -0.25) is 9.79 Å². The Labute approximate surface area is 123 Å². The zero-order chi connectivity index (χ0) is 15.4. The van der Waals surface area contributed by atoms with E-state index in [1.165, 1.54) is 5.71 Å². The van der Waals surface area contributed by atoms with Gasteiger partial charge in [-0.1, -0.05) is 13.8 Å². The second-order valence-electron chi connectivity index (χ2n) is 6.85. The summed E-state index contributed by atoms with van der Waals surface area (Å²) in [6, 6.07) is 0. The zero-order valence-electron chi connectivity index (χ0n) is 13.5. The number of nitrogens with zero attached hydrogens (tertiary/aromatic N) is 1. The monoisotopic (exact) mass is 299 g/mol. The fraction of sp³-hybridized carbons (Fsp3) is 0.867. The standard InChI is InChI=1S/C15H29NO3Si/c1-6-19-14(17)12-7-9-13(10-8-12)16-11-15(2,3)20(4,5)18/h12,18H,6-11H2,1-5H3. The van der Waals surface area contributed by atoms with E-state index in [-0.39, 0.29) is 16.9 Å². The van der Waals surface area contributed by atoms with E-state index >= 15 is 0 Å². The van der Waals surface area contributed by atoms with Gasteiger partial charge in [0.15, 0.2) is 8.32 Å². The summed E-state index contributed by atoms with van der Waals surface area (Å²) in [5, 5.41) is -0.113. The smallest absolute Gasteiger partial charge is 0.308 e. The molecule has 0 unspecified atom stereocenters. The molecule has 0 aromatic carbocycles. The number of rotatable bonds is 5. The SMILES string of the molecule is CCOC(=O)C1CCC(=NCC(C)(C)[Si](C)(C)O)CC1. The Morgan fingerprint density at radius 3 is 2.40 bits per heavy atom. The minimum absolute atomic E-state index is 0.0468. The fourth-order valence-electron chi connectivity index (χ4n) is 2.11. The average molecular weight is 299 g/mol. The van der Waals surface area contributed by atoms with E-state index in [0.717, 1.165) is 25.7 Å². The molecular formula is C15H29NO3Si. The van der Waals surface area contributed by atoms with Gasteiger partial charge in [-0.25, -0.2) is 0 Å². The van der Waals surface area contributed by atoms with E-state index in [0.29, 0.717) is 13.2 Å². The molecule has 0 heterocycles. The lowest BCUT2D eigenvalue weighted by Gasteiger charge is -2.34. The normalized spacial score (nSPS) is 20.7. The lowest BCUT2D eigenvalue weighted by molar-refractivity contribution is -0.148. The Bertz CT molecular complexity index is 362. The molecule has 1 fully saturated rings. The van der Waals surface area contributed by atoms with Gasteiger partial charge in [0.25, 0.3) is 0 Å². The molecule has 1 aliphatic carbocycles. The van der Waals surface area contributed by atoms with Crippen LogP contribution in [0.4, 0.5) is 0 Å². The summed E-state index contributed by atoms with van der Waals surface area (Å²) < 4.78 is 5.07. The Morgan fingerprint density at radius 2 is 1.95 bits per heavy atom. The van der Waals surface area contributed by atoms with Gasteiger partial charge in [0.2, 0.25) is 0 Å². The second kappa shape index (κ2) is 6.85. The molecule has 5 heteroatoms. The van der Waals surface area contributed by atoms with Gasteiger partial charge in [-0.2, -0.15) is 0 Å². The van der Waals surface area contributed by atoms with E-state index in [9.17, 15) is 9.59 Å². The fourth-order valence-corrected chi connectivity index (χ4v) is 2.57. The first-order valence-corrected chi connectivity index (χ1v) is 10.5. The van der Waals surface area contributed by atoms with Crippen LogP contribution in [0.25, 0.3) is 0 Å². The summed E-state index contributed by atoms with van der Waals surface area (Å²) in [7, 11) is -2.19. The molecule has 1 N–H and O–H groups in total. The van der Waals surface area contributed by atoms with E-state index in [1.54, 1.807) is 0 Å². The molecule has 20 heavy (non-hydrogen) atoms. The topological polar surface area (TPSA) is 58.9 Å². The van der Waals surface area contributed by atoms with Gasteiger partial charge in [0.1, 0.15) is 0 Å². The van der Waals surface area contributed by atoms with E-state index in [2.05, 4.69) is 13.8 Å². The average Bonchev–Trinajstić information content (AvgIpc) is 2.36. The van der Waals surface area contributed by atoms with Crippen molar-refractivity contribution < 1.29 is 14.3 Å². The lowest BCUT2D eigenvalue weighted by atomic mass is 9.88. The molecule has 0 amide bonds. The zero-order valence-corrected chi connectivity index (χ0v) is 14.5. The highest BCUT2D eigenvalue weighted by Gasteiger charge is 2.38. The van der Waals surface area contributed by atoms with Crippen LogP contribution in [0.1, 0.15) is 46.5 Å². The molecule has 0 aromatic heterocycles. The number of ether oxygens (including phenoxy) is 1. The van der Waals surface area contributed by atoms with Gasteiger partial charge in [0.05, 0.1) is 12.5 Å². The Morgan fingerprint density at radius 1 is 1.40 bits per heavy atom. The van der Waals surface area contributed by atoms with Crippen molar-refractivity contribution in [1.82, 2.24) is 0 Å². The van der Waals surface area contributed by atoms with Crippen molar-refractivity contribution in [2.45, 2.75) is 64.6 Å². The number of hydrogen-bond donors (Lipinski definition) is 1. The Hall–Kier alpha value is -0.683. The summed E-state index contributed by atoms with van der Waals surface area (Å²) in [4.78, 5) is 26.6. The molecule has 4 nitrogen and oxygen atoms in total. The summed E-state index contributed by atoms with van der Waals surface area (Å²) >= 11 is 0. The third-order valence-electron chi connectivity index (χ3n) is 4.54. The minimum Gasteiger partial charge on any atom is -0.466 e. The van der Waals surface area contributed by atoms with Crippen LogP contribution >= 0.6 is 0 Å². The second-order valence-corrected chi connectivity index (χ2v) is 11.3. The Kier molecular flexibility index (Phi) is 5.95. The summed E-state index contributed by atoms with van der Waals surface area (Å²) in [5.74, 6) is -0.0126. The highest BCUT2D eigenvalue weighted by molar-refractivity contribution is 6.73. The van der Waals surface area contributed by atoms with E-state index in [1.807, 2.05) is 20.0 Å². The van der Waals surface area contributed by atoms with Crippen LogP contribution in [0.15, 0.2) is 4.99 Å². The van der Waals surface area contributed by atoms with Crippen LogP contribution in [0.3, 0.4) is 0 Å². The molecule has 0 saturated heterocycles. The number of esters is 1. The van der Waals surface area contributed by atoms with Crippen LogP contribution in [0.5, 0.6) is 0 Å². The number of hydrogen-bond acceptors (Lipinski definition) is 4. The lowest BCUT2D eigenvalue weighted by Crippen LogP contribution is -2.41. The third kappa shape index (κ3) is 4.70. The summed E-state index contributed by atoms with van der Waals surface area (Å²) in [6.07, 6.45) is 3.45. The van der Waals surface area contributed by atoms with Crippen molar-refractivity contribution in [2.75, 3.05) is 13.2 Å². The van der Waals surface area contributed by atoms with Gasteiger partial charge >= 0.3 is 5.97 Å². The molecule has 116 valence electrons. The molecule has 1 aliphatic rings. The first-order valence-electron chi connectivity index (χ1n) is 7.58. The maximum atomic E-state index is 11.7. The third-order valence-corrected chi connectivity index (χ3v) is 8.01. The van der Waals surface area contributed by atoms with Crippen LogP contribution in [0, 0.1) is 5.92 Å². The van der Waals surface area contributed by atoms with Crippen molar-refractivity contribution in [3.63, 3.8) is 0 Å². The van der Waals surface area contributed by atoms with Gasteiger partial charge in [-0.15, -0.1) is 0 Å². The molecule has 0 atom stereocenters. The molecule has 1 rings (SSSR count). The van der Waals surface area contributed by atoms with E-state index < -0.39 is 8.32 Å². The number of aliphatic imine (C=N–C) groups is 1. The van der Waals surface area contributed by atoms with E-state index in [4.69, 9.17) is 9.73 Å². The summed E-state index contributed by atoms with van der Waals surface area (Å²) in [5.41, 5.74) is 1.19. The quantitative estimate of drug-likeness (QED) is 0.626. The predicted octanol–water partition coefficient (Wildman–Crippen LogP) is 3.16. The van der Waals surface area contributed by atoms with Crippen molar-refractivity contribution in [3.05, 3.63) is 0 Å². The highest BCUT2D eigenvalue weighted by atomic mass is 28.4. The molecule has 1 saturated carbocycles. The van der Waals surface area contributed by atoms with Crippen molar-refractivity contribution >= 4 is 20.0 Å². The van der Waals surface area contributed by atoms with Crippen LogP contribution in [-0.2, 0) is 9.53 Å². The molecule has 0 aliphatic heterocycles. The Balaban J connectivity index is 2.50. The number of carbonyl (C=O) groups is 1. The van der Waals surface area contributed by atoms with Crippen molar-refractivity contribution in [1.29, 1.82) is 0 Å². The molecule has 0 aromatic rings. The first-order chi connectivity index (χ1) is 9.17. The van der Waals surface area contributed by atoms with Gasteiger partial charge in [-0.05, 0) is 45.7 Å². The minimum atomic E-state index is -2.19. The molecule has 0 radical (unpaired) electrons. The molecule has 0 spiro atoms. The van der Waals surface area contributed by atoms with Gasteiger partial charge < -0.3 is 9.53 Å². The molecular weight excluding hydrogens is 270 g/mol. The van der Waals surface area contributed by atoms with Crippen molar-refractivity contribution in [2.24, 2.45) is 10.9 Å². The molecule has 0 bridgehead atoms. The maximum absolute atomic E-state index is 11.7. The number of carbonyl (C=O) groups excluding carboxylic acids is 1. The van der Waals surface area contributed by atoms with Crippen LogP contribution < -0.4 is 0 Å². The van der Waals surface area contributed by atoms with Crippen LogP contribution in [-0.4, -0.2) is 37.9 Å². The summed E-state index contributed by atoms with van der Waals surface area (Å²) in [6.45, 7) is 11.1.